The van der Waals surface area contributed by atoms with E-state index in [0.29, 0.717) is 23.0 Å². The number of benzene rings is 2. The third-order valence-corrected chi connectivity index (χ3v) is 4.90. The Morgan fingerprint density at radius 3 is 1.63 bits per heavy atom. The van der Waals surface area contributed by atoms with Gasteiger partial charge in [0.25, 0.3) is 0 Å². The first-order valence-corrected chi connectivity index (χ1v) is 8.70. The number of hydrogen-bond acceptors (Lipinski definition) is 3. The van der Waals surface area contributed by atoms with Crippen molar-refractivity contribution in [2.45, 2.75) is 0 Å². The highest BCUT2D eigenvalue weighted by atomic mass is 16.1. The number of H-pyrrole nitrogens is 1. The lowest BCUT2D eigenvalue weighted by Crippen LogP contribution is -2.06. The molecule has 2 aromatic carbocycles. The number of imidazole rings is 2. The molecular formula is C21H17N5O. The molecule has 0 aliphatic heterocycles. The number of rotatable bonds is 2. The van der Waals surface area contributed by atoms with E-state index in [2.05, 4.69) is 15.0 Å². The van der Waals surface area contributed by atoms with Gasteiger partial charge >= 0.3 is 0 Å². The molecule has 27 heavy (non-hydrogen) atoms. The normalized spacial score (nSPS) is 11.5. The summed E-state index contributed by atoms with van der Waals surface area (Å²) >= 11 is 0. The van der Waals surface area contributed by atoms with E-state index >= 15 is 0 Å². The number of pyridine rings is 1. The van der Waals surface area contributed by atoms with Crippen molar-refractivity contribution >= 4 is 22.1 Å². The molecule has 5 rings (SSSR count). The molecule has 0 fully saturated rings. The largest absolute Gasteiger partial charge is 0.349 e. The van der Waals surface area contributed by atoms with Crippen molar-refractivity contribution in [2.24, 2.45) is 14.1 Å². The second-order valence-corrected chi connectivity index (χ2v) is 6.61. The van der Waals surface area contributed by atoms with Gasteiger partial charge in [0.1, 0.15) is 0 Å². The summed E-state index contributed by atoms with van der Waals surface area (Å²) in [6, 6.07) is 19.0. The lowest BCUT2D eigenvalue weighted by molar-refractivity contribution is 0.937. The second-order valence-electron chi connectivity index (χ2n) is 6.61. The van der Waals surface area contributed by atoms with Gasteiger partial charge in [0.15, 0.2) is 17.1 Å². The Balaban J connectivity index is 1.74. The molecule has 6 nitrogen and oxygen atoms in total. The summed E-state index contributed by atoms with van der Waals surface area (Å²) in [5.41, 5.74) is 5.07. The zero-order valence-corrected chi connectivity index (χ0v) is 15.0. The zero-order valence-electron chi connectivity index (χ0n) is 15.0. The summed E-state index contributed by atoms with van der Waals surface area (Å²) in [6.45, 7) is 0. The highest BCUT2D eigenvalue weighted by molar-refractivity contribution is 5.81. The summed E-state index contributed by atoms with van der Waals surface area (Å²) < 4.78 is 3.97. The van der Waals surface area contributed by atoms with E-state index in [1.807, 2.05) is 71.8 Å². The SMILES string of the molecule is Cn1c(-c2cc(=O)cc(-c3nc4ccccc4n3C)[nH]2)nc2ccccc21. The fourth-order valence-electron chi connectivity index (χ4n) is 3.56. The average Bonchev–Trinajstić information content (AvgIpc) is 3.20. The van der Waals surface area contributed by atoms with Gasteiger partial charge in [0, 0.05) is 26.2 Å². The average molecular weight is 355 g/mol. The van der Waals surface area contributed by atoms with Crippen molar-refractivity contribution < 1.29 is 0 Å². The third-order valence-electron chi connectivity index (χ3n) is 4.90. The minimum absolute atomic E-state index is 0.0853. The molecule has 6 heteroatoms. The van der Waals surface area contributed by atoms with Gasteiger partial charge in [-0.3, -0.25) is 4.79 Å². The van der Waals surface area contributed by atoms with Gasteiger partial charge in [-0.25, -0.2) is 9.97 Å². The van der Waals surface area contributed by atoms with Crippen LogP contribution in [0, 0.1) is 0 Å². The molecule has 132 valence electrons. The highest BCUT2D eigenvalue weighted by Crippen LogP contribution is 2.25. The molecular weight excluding hydrogens is 338 g/mol. The molecule has 0 bridgehead atoms. The first-order valence-electron chi connectivity index (χ1n) is 8.70. The van der Waals surface area contributed by atoms with Crippen LogP contribution >= 0.6 is 0 Å². The molecule has 0 atom stereocenters. The first-order chi connectivity index (χ1) is 13.1. The first kappa shape index (κ1) is 15.6. The number of para-hydroxylation sites is 4. The van der Waals surface area contributed by atoms with Gasteiger partial charge in [-0.2, -0.15) is 0 Å². The molecule has 5 aromatic rings. The van der Waals surface area contributed by atoms with Crippen LogP contribution in [-0.2, 0) is 14.1 Å². The quantitative estimate of drug-likeness (QED) is 0.527. The summed E-state index contributed by atoms with van der Waals surface area (Å²) in [5, 5.41) is 0. The van der Waals surface area contributed by atoms with Crippen LogP contribution in [0.5, 0.6) is 0 Å². The van der Waals surface area contributed by atoms with Crippen LogP contribution in [-0.4, -0.2) is 24.1 Å². The Bertz CT molecular complexity index is 1270. The number of hydrogen-bond donors (Lipinski definition) is 1. The number of aromatic amines is 1. The Morgan fingerprint density at radius 1 is 0.741 bits per heavy atom. The van der Waals surface area contributed by atoms with Crippen LogP contribution < -0.4 is 5.43 Å². The fourth-order valence-corrected chi connectivity index (χ4v) is 3.56. The summed E-state index contributed by atoms with van der Waals surface area (Å²) in [7, 11) is 3.90. The molecule has 0 aliphatic rings. The summed E-state index contributed by atoms with van der Waals surface area (Å²) in [4.78, 5) is 25.1. The van der Waals surface area contributed by atoms with Crippen molar-refractivity contribution in [1.29, 1.82) is 0 Å². The van der Waals surface area contributed by atoms with Crippen LogP contribution in [0.15, 0.2) is 65.5 Å². The number of aromatic nitrogens is 5. The Hall–Kier alpha value is -3.67. The smallest absolute Gasteiger partial charge is 0.183 e. The molecule has 0 saturated heterocycles. The van der Waals surface area contributed by atoms with Crippen molar-refractivity contribution in [3.05, 3.63) is 70.9 Å². The van der Waals surface area contributed by atoms with Crippen molar-refractivity contribution in [1.82, 2.24) is 24.1 Å². The maximum absolute atomic E-state index is 12.4. The van der Waals surface area contributed by atoms with Crippen LogP contribution in [0.4, 0.5) is 0 Å². The molecule has 3 heterocycles. The number of aryl methyl sites for hydroxylation is 2. The molecule has 1 N–H and O–H groups in total. The standard InChI is InChI=1S/C21H17N5O/c1-25-18-9-5-3-7-14(18)23-20(25)16-11-13(27)12-17(22-16)21-24-15-8-4-6-10-19(15)26(21)2/h3-12H,1-2H3,(H,22,27). The van der Waals surface area contributed by atoms with E-state index in [0.717, 1.165) is 22.1 Å². The van der Waals surface area contributed by atoms with Crippen LogP contribution in [0.3, 0.4) is 0 Å². The van der Waals surface area contributed by atoms with Crippen molar-refractivity contribution in [3.63, 3.8) is 0 Å². The van der Waals surface area contributed by atoms with Gasteiger partial charge in [-0.1, -0.05) is 24.3 Å². The van der Waals surface area contributed by atoms with Gasteiger partial charge in [0.2, 0.25) is 0 Å². The number of nitrogens with zero attached hydrogens (tertiary/aromatic N) is 4. The van der Waals surface area contributed by atoms with Crippen molar-refractivity contribution in [2.75, 3.05) is 0 Å². The molecule has 0 amide bonds. The van der Waals surface area contributed by atoms with Gasteiger partial charge in [-0.15, -0.1) is 0 Å². The van der Waals surface area contributed by atoms with E-state index in [4.69, 9.17) is 0 Å². The van der Waals surface area contributed by atoms with E-state index in [9.17, 15) is 4.79 Å². The topological polar surface area (TPSA) is 68.5 Å². The number of nitrogens with one attached hydrogen (secondary N) is 1. The van der Waals surface area contributed by atoms with E-state index in [1.165, 1.54) is 0 Å². The Labute approximate surface area is 154 Å². The second kappa shape index (κ2) is 5.67. The van der Waals surface area contributed by atoms with Crippen molar-refractivity contribution in [3.8, 4) is 23.0 Å². The molecule has 0 spiro atoms. The Morgan fingerprint density at radius 2 is 1.19 bits per heavy atom. The summed E-state index contributed by atoms with van der Waals surface area (Å²) in [6.07, 6.45) is 0. The predicted octanol–water partition coefficient (Wildman–Crippen LogP) is 3.48. The van der Waals surface area contributed by atoms with E-state index in [-0.39, 0.29) is 5.43 Å². The molecule has 0 saturated carbocycles. The van der Waals surface area contributed by atoms with E-state index < -0.39 is 0 Å². The van der Waals surface area contributed by atoms with Crippen LogP contribution in [0.25, 0.3) is 45.1 Å². The maximum atomic E-state index is 12.4. The minimum atomic E-state index is -0.0853. The number of fused-ring (bicyclic) bond motifs is 2. The monoisotopic (exact) mass is 355 g/mol. The molecule has 0 aliphatic carbocycles. The molecule has 0 radical (unpaired) electrons. The van der Waals surface area contributed by atoms with Gasteiger partial charge < -0.3 is 14.1 Å². The summed E-state index contributed by atoms with van der Waals surface area (Å²) in [5.74, 6) is 1.43. The molecule has 0 unspecified atom stereocenters. The molecule has 3 aromatic heterocycles. The van der Waals surface area contributed by atoms with Gasteiger partial charge in [-0.05, 0) is 24.3 Å². The highest BCUT2D eigenvalue weighted by Gasteiger charge is 2.15. The maximum Gasteiger partial charge on any atom is 0.183 e. The van der Waals surface area contributed by atoms with Gasteiger partial charge in [0.05, 0.1) is 33.5 Å². The minimum Gasteiger partial charge on any atom is -0.349 e. The van der Waals surface area contributed by atoms with Crippen LogP contribution in [0.2, 0.25) is 0 Å². The zero-order chi connectivity index (χ0) is 18.5. The third kappa shape index (κ3) is 2.38. The Kier molecular flexibility index (Phi) is 3.27. The van der Waals surface area contributed by atoms with Crippen LogP contribution in [0.1, 0.15) is 0 Å². The van der Waals surface area contributed by atoms with E-state index in [1.54, 1.807) is 12.1 Å². The predicted molar refractivity (Wildman–Crippen MR) is 106 cm³/mol. The fraction of sp³-hybridized carbons (Fsp3) is 0.0952. The lowest BCUT2D eigenvalue weighted by Gasteiger charge is -2.07. The lowest BCUT2D eigenvalue weighted by atomic mass is 10.2.